The van der Waals surface area contributed by atoms with Crippen LogP contribution in [0.2, 0.25) is 0 Å². The van der Waals surface area contributed by atoms with Crippen molar-refractivity contribution in [1.29, 1.82) is 0 Å². The van der Waals surface area contributed by atoms with Gasteiger partial charge in [0.15, 0.2) is 0 Å². The Kier molecular flexibility index (Phi) is 3.10. The summed E-state index contributed by atoms with van der Waals surface area (Å²) in [7, 11) is 2.04. The number of aromatic nitrogens is 3. The van der Waals surface area contributed by atoms with Gasteiger partial charge in [0.05, 0.1) is 5.69 Å². The molecule has 0 unspecified atom stereocenters. The lowest BCUT2D eigenvalue weighted by Gasteiger charge is -2.03. The van der Waals surface area contributed by atoms with E-state index >= 15 is 0 Å². The lowest BCUT2D eigenvalue weighted by atomic mass is 10.2. The lowest BCUT2D eigenvalue weighted by Crippen LogP contribution is -2.13. The highest BCUT2D eigenvalue weighted by atomic mass is 15.1. The fourth-order valence-electron chi connectivity index (χ4n) is 1.83. The van der Waals surface area contributed by atoms with Gasteiger partial charge in [-0.1, -0.05) is 0 Å². The SMILES string of the molecule is Cc1n[nH]c(C)c1CNCc1ccn(C)c1. The van der Waals surface area contributed by atoms with E-state index in [0.717, 1.165) is 24.5 Å². The number of rotatable bonds is 4. The summed E-state index contributed by atoms with van der Waals surface area (Å²) in [6, 6.07) is 2.13. The first-order valence-corrected chi connectivity index (χ1v) is 5.49. The van der Waals surface area contributed by atoms with Crippen molar-refractivity contribution < 1.29 is 0 Å². The molecule has 0 aliphatic rings. The number of nitrogens with zero attached hydrogens (tertiary/aromatic N) is 2. The standard InChI is InChI=1S/C12H18N4/c1-9-12(10(2)15-14-9)7-13-6-11-4-5-16(3)8-11/h4-5,8,13H,6-7H2,1-3H3,(H,14,15). The third-order valence-electron chi connectivity index (χ3n) is 2.80. The molecule has 2 aromatic heterocycles. The molecule has 0 amide bonds. The van der Waals surface area contributed by atoms with E-state index in [9.17, 15) is 0 Å². The highest BCUT2D eigenvalue weighted by Gasteiger charge is 2.05. The Bertz CT molecular complexity index is 448. The molecule has 86 valence electrons. The van der Waals surface area contributed by atoms with Crippen molar-refractivity contribution in [2.24, 2.45) is 7.05 Å². The van der Waals surface area contributed by atoms with Gasteiger partial charge in [-0.25, -0.2) is 0 Å². The first-order chi connectivity index (χ1) is 7.66. The van der Waals surface area contributed by atoms with Gasteiger partial charge in [-0.2, -0.15) is 5.10 Å². The van der Waals surface area contributed by atoms with Gasteiger partial charge < -0.3 is 9.88 Å². The van der Waals surface area contributed by atoms with Crippen LogP contribution in [0.4, 0.5) is 0 Å². The Balaban J connectivity index is 1.89. The summed E-state index contributed by atoms with van der Waals surface area (Å²) in [5.74, 6) is 0. The van der Waals surface area contributed by atoms with E-state index in [1.54, 1.807) is 0 Å². The maximum absolute atomic E-state index is 4.18. The van der Waals surface area contributed by atoms with E-state index in [0.29, 0.717) is 0 Å². The second-order valence-corrected chi connectivity index (χ2v) is 4.20. The zero-order valence-electron chi connectivity index (χ0n) is 10.0. The van der Waals surface area contributed by atoms with Gasteiger partial charge in [-0.05, 0) is 25.5 Å². The molecular formula is C12H18N4. The van der Waals surface area contributed by atoms with E-state index in [-0.39, 0.29) is 0 Å². The molecule has 0 saturated carbocycles. The number of aromatic amines is 1. The molecule has 0 fully saturated rings. The van der Waals surface area contributed by atoms with Crippen LogP contribution in [-0.4, -0.2) is 14.8 Å². The minimum absolute atomic E-state index is 0.864. The molecule has 4 heteroatoms. The molecule has 0 aromatic carbocycles. The summed E-state index contributed by atoms with van der Waals surface area (Å²) < 4.78 is 2.06. The monoisotopic (exact) mass is 218 g/mol. The molecule has 0 spiro atoms. The molecule has 0 aliphatic heterocycles. The molecule has 2 N–H and O–H groups in total. The molecule has 2 heterocycles. The molecule has 16 heavy (non-hydrogen) atoms. The van der Waals surface area contributed by atoms with E-state index in [1.807, 2.05) is 14.0 Å². The van der Waals surface area contributed by atoms with E-state index < -0.39 is 0 Å². The Hall–Kier alpha value is -1.55. The second-order valence-electron chi connectivity index (χ2n) is 4.20. The predicted molar refractivity (Wildman–Crippen MR) is 64.0 cm³/mol. The zero-order chi connectivity index (χ0) is 11.5. The molecule has 0 atom stereocenters. The normalized spacial score (nSPS) is 10.9. The van der Waals surface area contributed by atoms with Gasteiger partial charge in [0.25, 0.3) is 0 Å². The quantitative estimate of drug-likeness (QED) is 0.819. The molecular weight excluding hydrogens is 200 g/mol. The van der Waals surface area contributed by atoms with Crippen LogP contribution in [0.25, 0.3) is 0 Å². The van der Waals surface area contributed by atoms with Crippen LogP contribution in [0.15, 0.2) is 18.5 Å². The molecule has 2 aromatic rings. The molecule has 4 nitrogen and oxygen atoms in total. The minimum Gasteiger partial charge on any atom is -0.357 e. The fraction of sp³-hybridized carbons (Fsp3) is 0.417. The average molecular weight is 218 g/mol. The van der Waals surface area contributed by atoms with Crippen LogP contribution in [0.5, 0.6) is 0 Å². The summed E-state index contributed by atoms with van der Waals surface area (Å²) in [6.07, 6.45) is 4.19. The highest BCUT2D eigenvalue weighted by Crippen LogP contribution is 2.09. The largest absolute Gasteiger partial charge is 0.357 e. The van der Waals surface area contributed by atoms with Crippen LogP contribution in [0, 0.1) is 13.8 Å². The molecule has 0 radical (unpaired) electrons. The van der Waals surface area contributed by atoms with Gasteiger partial charge in [0.2, 0.25) is 0 Å². The number of nitrogens with one attached hydrogen (secondary N) is 2. The third-order valence-corrected chi connectivity index (χ3v) is 2.80. The van der Waals surface area contributed by atoms with E-state index in [1.165, 1.54) is 11.1 Å². The molecule has 0 bridgehead atoms. The number of H-pyrrole nitrogens is 1. The van der Waals surface area contributed by atoms with E-state index in [4.69, 9.17) is 0 Å². The lowest BCUT2D eigenvalue weighted by molar-refractivity contribution is 0.687. The van der Waals surface area contributed by atoms with Gasteiger partial charge in [-0.15, -0.1) is 0 Å². The highest BCUT2D eigenvalue weighted by molar-refractivity contribution is 5.23. The van der Waals surface area contributed by atoms with Crippen molar-refractivity contribution in [1.82, 2.24) is 20.1 Å². The van der Waals surface area contributed by atoms with Crippen LogP contribution < -0.4 is 5.32 Å². The second kappa shape index (κ2) is 4.53. The minimum atomic E-state index is 0.864. The Morgan fingerprint density at radius 1 is 1.38 bits per heavy atom. The van der Waals surface area contributed by atoms with Crippen molar-refractivity contribution in [3.8, 4) is 0 Å². The summed E-state index contributed by atoms with van der Waals surface area (Å²) in [5, 5.41) is 10.6. The van der Waals surface area contributed by atoms with Crippen LogP contribution in [0.3, 0.4) is 0 Å². The van der Waals surface area contributed by atoms with Gasteiger partial charge in [0.1, 0.15) is 0 Å². The van der Waals surface area contributed by atoms with Gasteiger partial charge in [-0.3, -0.25) is 5.10 Å². The van der Waals surface area contributed by atoms with Gasteiger partial charge in [0, 0.05) is 43.8 Å². The maximum atomic E-state index is 4.18. The Labute approximate surface area is 95.7 Å². The molecule has 0 aliphatic carbocycles. The summed E-state index contributed by atoms with van der Waals surface area (Å²) in [6.45, 7) is 5.84. The first kappa shape index (κ1) is 11.0. The molecule has 0 saturated heterocycles. The molecule has 2 rings (SSSR count). The van der Waals surface area contributed by atoms with E-state index in [2.05, 4.69) is 45.5 Å². The van der Waals surface area contributed by atoms with Gasteiger partial charge >= 0.3 is 0 Å². The van der Waals surface area contributed by atoms with Crippen molar-refractivity contribution in [2.45, 2.75) is 26.9 Å². The number of hydrogen-bond donors (Lipinski definition) is 2. The van der Waals surface area contributed by atoms with Crippen molar-refractivity contribution in [2.75, 3.05) is 0 Å². The van der Waals surface area contributed by atoms with Crippen LogP contribution >= 0.6 is 0 Å². The Morgan fingerprint density at radius 2 is 2.19 bits per heavy atom. The van der Waals surface area contributed by atoms with Crippen molar-refractivity contribution in [3.63, 3.8) is 0 Å². The summed E-state index contributed by atoms with van der Waals surface area (Å²) >= 11 is 0. The summed E-state index contributed by atoms with van der Waals surface area (Å²) in [4.78, 5) is 0. The first-order valence-electron chi connectivity index (χ1n) is 5.49. The van der Waals surface area contributed by atoms with Crippen LogP contribution in [-0.2, 0) is 20.1 Å². The maximum Gasteiger partial charge on any atom is 0.0638 e. The van der Waals surface area contributed by atoms with Crippen molar-refractivity contribution in [3.05, 3.63) is 41.0 Å². The summed E-state index contributed by atoms with van der Waals surface area (Å²) in [5.41, 5.74) is 4.81. The predicted octanol–water partition coefficient (Wildman–Crippen LogP) is 1.65. The Morgan fingerprint density at radius 3 is 2.75 bits per heavy atom. The van der Waals surface area contributed by atoms with Crippen LogP contribution in [0.1, 0.15) is 22.5 Å². The average Bonchev–Trinajstić information content (AvgIpc) is 2.78. The smallest absolute Gasteiger partial charge is 0.0638 e. The number of hydrogen-bond acceptors (Lipinski definition) is 2. The number of aryl methyl sites for hydroxylation is 3. The third kappa shape index (κ3) is 2.33. The zero-order valence-corrected chi connectivity index (χ0v) is 10.0. The topological polar surface area (TPSA) is 45.6 Å². The fourth-order valence-corrected chi connectivity index (χ4v) is 1.83. The van der Waals surface area contributed by atoms with Crippen molar-refractivity contribution >= 4 is 0 Å².